The number of carbonyl (C=O) groups is 2. The normalized spacial score (nSPS) is 34.8. The number of hydrogen-bond donors (Lipinski definition) is 2. The lowest BCUT2D eigenvalue weighted by atomic mass is 10.2. The van der Waals surface area contributed by atoms with Crippen LogP contribution in [0.4, 0.5) is 0 Å². The predicted molar refractivity (Wildman–Crippen MR) is 76.8 cm³/mol. The quantitative estimate of drug-likeness (QED) is 0.417. The molecule has 3 rings (SSSR count). The van der Waals surface area contributed by atoms with E-state index < -0.39 is 26.0 Å². The largest absolute Gasteiger partial charge is 0.461 e. The van der Waals surface area contributed by atoms with Gasteiger partial charge in [0.2, 0.25) is 0 Å². The predicted octanol–water partition coefficient (Wildman–Crippen LogP) is 0.0734. The first kappa shape index (κ1) is 16.1. The Labute approximate surface area is 130 Å². The van der Waals surface area contributed by atoms with Crippen molar-refractivity contribution in [1.82, 2.24) is 10.2 Å². The molecule has 0 aromatic carbocycles. The molecule has 8 nitrogen and oxygen atoms in total. The number of nitrogens with one attached hydrogen (secondary N) is 2. The van der Waals surface area contributed by atoms with Crippen LogP contribution in [0.5, 0.6) is 0 Å². The van der Waals surface area contributed by atoms with Gasteiger partial charge in [-0.3, -0.25) is 19.8 Å². The highest BCUT2D eigenvalue weighted by molar-refractivity contribution is 7.54. The number of ether oxygens (including phenoxy) is 4. The van der Waals surface area contributed by atoms with Gasteiger partial charge in [0.25, 0.3) is 0 Å². The monoisotopic (exact) mass is 332 g/mol. The van der Waals surface area contributed by atoms with Crippen molar-refractivity contribution < 1.29 is 28.5 Å². The molecule has 2 N–H and O–H groups in total. The highest BCUT2D eigenvalue weighted by atomic mass is 31.1. The van der Waals surface area contributed by atoms with Crippen LogP contribution in [-0.4, -0.2) is 56.0 Å². The van der Waals surface area contributed by atoms with Crippen LogP contribution in [-0.2, 0) is 28.5 Å². The van der Waals surface area contributed by atoms with Crippen LogP contribution in [0.1, 0.15) is 20.3 Å². The molecule has 22 heavy (non-hydrogen) atoms. The molecule has 0 amide bonds. The second kappa shape index (κ2) is 6.76. The number of fused-ring (bicyclic) bond motifs is 1. The summed E-state index contributed by atoms with van der Waals surface area (Å²) in [6.07, 6.45) is -0.569. The summed E-state index contributed by atoms with van der Waals surface area (Å²) in [5, 5.41) is 6.65. The van der Waals surface area contributed by atoms with E-state index in [0.717, 1.165) is 0 Å². The summed E-state index contributed by atoms with van der Waals surface area (Å²) in [7, 11) is -1.01. The fraction of sp³-hybridized carbons (Fsp3) is 0.846. The van der Waals surface area contributed by atoms with Crippen molar-refractivity contribution in [3.05, 3.63) is 0 Å². The minimum Gasteiger partial charge on any atom is -0.461 e. The SMILES string of the molecule is CC(C)C1O[C@@H]2CNP(C3COC(=O)CC(=O)O3)NC[C@H]2O1. The Morgan fingerprint density at radius 1 is 1.09 bits per heavy atom. The first-order valence-electron chi connectivity index (χ1n) is 7.45. The van der Waals surface area contributed by atoms with E-state index in [4.69, 9.17) is 18.9 Å². The van der Waals surface area contributed by atoms with Gasteiger partial charge in [-0.1, -0.05) is 13.8 Å². The van der Waals surface area contributed by atoms with E-state index in [-0.39, 0.29) is 31.5 Å². The summed E-state index contributed by atoms with van der Waals surface area (Å²) >= 11 is 0. The van der Waals surface area contributed by atoms with Crippen LogP contribution in [0.25, 0.3) is 0 Å². The van der Waals surface area contributed by atoms with Crippen LogP contribution in [0.3, 0.4) is 0 Å². The van der Waals surface area contributed by atoms with Crippen LogP contribution >= 0.6 is 8.22 Å². The zero-order chi connectivity index (χ0) is 15.7. The Balaban J connectivity index is 1.58. The first-order chi connectivity index (χ1) is 10.5. The van der Waals surface area contributed by atoms with Crippen molar-refractivity contribution in [2.75, 3.05) is 19.7 Å². The van der Waals surface area contributed by atoms with Crippen molar-refractivity contribution in [3.8, 4) is 0 Å². The lowest BCUT2D eigenvalue weighted by molar-refractivity contribution is -0.147. The Morgan fingerprint density at radius 2 is 1.73 bits per heavy atom. The maximum absolute atomic E-state index is 11.5. The number of cyclic esters (lactones) is 2. The molecule has 0 radical (unpaired) electrons. The molecule has 1 unspecified atom stereocenters. The number of rotatable bonds is 2. The van der Waals surface area contributed by atoms with Gasteiger partial charge < -0.3 is 18.9 Å². The van der Waals surface area contributed by atoms with E-state index in [1.807, 2.05) is 0 Å². The molecule has 0 aliphatic carbocycles. The molecular formula is C13H21N2O6P. The Bertz CT molecular complexity index is 432. The summed E-state index contributed by atoms with van der Waals surface area (Å²) in [5.74, 6) is -1.28. The first-order valence-corrected chi connectivity index (χ1v) is 8.86. The average Bonchev–Trinajstić information content (AvgIpc) is 2.66. The zero-order valence-electron chi connectivity index (χ0n) is 12.6. The maximum Gasteiger partial charge on any atom is 0.317 e. The lowest BCUT2D eigenvalue weighted by Crippen LogP contribution is -2.32. The third-order valence-corrected chi connectivity index (χ3v) is 5.61. The van der Waals surface area contributed by atoms with Gasteiger partial charge >= 0.3 is 11.9 Å². The molecular weight excluding hydrogens is 311 g/mol. The van der Waals surface area contributed by atoms with Gasteiger partial charge in [0.15, 0.2) is 12.1 Å². The van der Waals surface area contributed by atoms with Gasteiger partial charge in [0.1, 0.15) is 25.2 Å². The molecule has 0 aromatic rings. The van der Waals surface area contributed by atoms with Gasteiger partial charge in [-0.15, -0.1) is 0 Å². The van der Waals surface area contributed by atoms with Crippen molar-refractivity contribution in [3.63, 3.8) is 0 Å². The summed E-state index contributed by atoms with van der Waals surface area (Å²) in [5.41, 5.74) is 0. The molecule has 0 aromatic heterocycles. The highest BCUT2D eigenvalue weighted by Crippen LogP contribution is 2.38. The molecule has 0 spiro atoms. The van der Waals surface area contributed by atoms with E-state index in [2.05, 4.69) is 24.0 Å². The van der Waals surface area contributed by atoms with Crippen LogP contribution < -0.4 is 10.2 Å². The summed E-state index contributed by atoms with van der Waals surface area (Å²) in [4.78, 5) is 22.8. The van der Waals surface area contributed by atoms with Crippen molar-refractivity contribution >= 4 is 20.2 Å². The molecule has 3 saturated heterocycles. The van der Waals surface area contributed by atoms with E-state index in [1.165, 1.54) is 0 Å². The van der Waals surface area contributed by atoms with Gasteiger partial charge in [-0.2, -0.15) is 0 Å². The Kier molecular flexibility index (Phi) is 4.94. The second-order valence-corrected chi connectivity index (χ2v) is 7.81. The average molecular weight is 332 g/mol. The second-order valence-electron chi connectivity index (χ2n) is 5.86. The van der Waals surface area contributed by atoms with Crippen LogP contribution in [0.15, 0.2) is 0 Å². The fourth-order valence-corrected chi connectivity index (χ4v) is 4.27. The highest BCUT2D eigenvalue weighted by Gasteiger charge is 2.41. The maximum atomic E-state index is 11.5. The zero-order valence-corrected chi connectivity index (χ0v) is 13.5. The Hall–Kier alpha value is -0.790. The minimum atomic E-state index is -1.01. The summed E-state index contributed by atoms with van der Waals surface area (Å²) < 4.78 is 22.1. The van der Waals surface area contributed by atoms with Crippen LogP contribution in [0, 0.1) is 5.92 Å². The third kappa shape index (κ3) is 3.58. The summed E-state index contributed by atoms with van der Waals surface area (Å²) in [6, 6.07) is 0. The molecule has 124 valence electrons. The van der Waals surface area contributed by atoms with Gasteiger partial charge in [-0.05, 0) is 0 Å². The molecule has 3 aliphatic heterocycles. The molecule has 9 heteroatoms. The van der Waals surface area contributed by atoms with E-state index in [1.54, 1.807) is 0 Å². The van der Waals surface area contributed by atoms with Gasteiger partial charge in [0, 0.05) is 19.0 Å². The molecule has 3 heterocycles. The van der Waals surface area contributed by atoms with Crippen molar-refractivity contribution in [2.45, 2.75) is 44.6 Å². The summed E-state index contributed by atoms with van der Waals surface area (Å²) in [6.45, 7) is 5.40. The van der Waals surface area contributed by atoms with Crippen molar-refractivity contribution in [1.29, 1.82) is 0 Å². The van der Waals surface area contributed by atoms with E-state index >= 15 is 0 Å². The van der Waals surface area contributed by atoms with Gasteiger partial charge in [-0.25, -0.2) is 0 Å². The minimum absolute atomic E-state index is 0.0311. The molecule has 3 fully saturated rings. The Morgan fingerprint density at radius 3 is 2.32 bits per heavy atom. The molecule has 0 saturated carbocycles. The molecule has 3 aliphatic rings. The molecule has 3 atom stereocenters. The third-order valence-electron chi connectivity index (χ3n) is 3.73. The number of esters is 2. The topological polar surface area (TPSA) is 95.1 Å². The van der Waals surface area contributed by atoms with Crippen molar-refractivity contribution in [2.24, 2.45) is 5.92 Å². The lowest BCUT2D eigenvalue weighted by Gasteiger charge is -2.25. The van der Waals surface area contributed by atoms with E-state index in [0.29, 0.717) is 19.0 Å². The number of hydrogen-bond acceptors (Lipinski definition) is 8. The standard InChI is InChI=1S/C13H21N2O6P/c1-7(2)13-19-8-4-14-22(15-5-9(8)20-13)12-6-18-10(16)3-11(17)21-12/h7-9,12-15H,3-6H2,1-2H3/t8-,9-,12?,13?,22?/m1/s1. The number of carbonyl (C=O) groups excluding carboxylic acids is 2. The van der Waals surface area contributed by atoms with Crippen LogP contribution in [0.2, 0.25) is 0 Å². The fourth-order valence-electron chi connectivity index (χ4n) is 2.55. The van der Waals surface area contributed by atoms with Gasteiger partial charge in [0.05, 0.1) is 8.22 Å². The van der Waals surface area contributed by atoms with E-state index in [9.17, 15) is 9.59 Å². The smallest absolute Gasteiger partial charge is 0.317 e. The molecule has 0 bridgehead atoms.